The third-order valence-corrected chi connectivity index (χ3v) is 9.89. The number of esters is 1. The zero-order valence-electron chi connectivity index (χ0n) is 20.0. The molecule has 4 aliphatic rings. The van der Waals surface area contributed by atoms with Crippen molar-refractivity contribution in [3.8, 4) is 0 Å². The number of carbonyl (C=O) groups excluding carboxylic acids is 3. The number of aliphatic hydroxyl groups excluding tert-OH is 1. The number of furan rings is 1. The van der Waals surface area contributed by atoms with Crippen LogP contribution in [0.2, 0.25) is 0 Å². The molecule has 34 heavy (non-hydrogen) atoms. The van der Waals surface area contributed by atoms with Gasteiger partial charge in [0.2, 0.25) is 5.76 Å². The Kier molecular flexibility index (Phi) is 5.31. The van der Waals surface area contributed by atoms with Gasteiger partial charge in [0.05, 0.1) is 17.4 Å². The number of halogens is 1. The number of fused-ring (bicyclic) bond motifs is 5. The first-order chi connectivity index (χ1) is 16.0. The lowest BCUT2D eigenvalue weighted by Gasteiger charge is -2.60. The van der Waals surface area contributed by atoms with Gasteiger partial charge in [0.1, 0.15) is 0 Å². The lowest BCUT2D eigenvalue weighted by atomic mass is 9.46. The number of ketones is 2. The second-order valence-corrected chi connectivity index (χ2v) is 11.5. The van der Waals surface area contributed by atoms with Crippen LogP contribution in [0.3, 0.4) is 0 Å². The van der Waals surface area contributed by atoms with Crippen LogP contribution in [0.4, 0.5) is 0 Å². The molecule has 3 fully saturated rings. The van der Waals surface area contributed by atoms with Crippen LogP contribution in [0.25, 0.3) is 0 Å². The largest absolute Gasteiger partial charge is 0.457 e. The minimum atomic E-state index is -1.36. The first-order valence-electron chi connectivity index (χ1n) is 12.1. The summed E-state index contributed by atoms with van der Waals surface area (Å²) >= 11 is 6.28. The number of allylic oxidation sites excluding steroid dienone is 4. The molecule has 4 aliphatic carbocycles. The van der Waals surface area contributed by atoms with Crippen LogP contribution >= 0.6 is 11.6 Å². The minimum Gasteiger partial charge on any atom is -0.457 e. The second-order valence-electron chi connectivity index (χ2n) is 11.1. The number of Topliss-reactive ketones (excluding diaryl/α,β-unsaturated/α-hetero) is 1. The van der Waals surface area contributed by atoms with E-state index < -0.39 is 28.5 Å². The molecule has 0 unspecified atom stereocenters. The average Bonchev–Trinajstić information content (AvgIpc) is 3.36. The van der Waals surface area contributed by atoms with Gasteiger partial charge in [0.25, 0.3) is 0 Å². The van der Waals surface area contributed by atoms with E-state index in [0.29, 0.717) is 12.8 Å². The van der Waals surface area contributed by atoms with Gasteiger partial charge in [0.15, 0.2) is 17.2 Å². The molecule has 1 N–H and O–H groups in total. The molecule has 0 aromatic carbocycles. The van der Waals surface area contributed by atoms with Crippen molar-refractivity contribution in [1.29, 1.82) is 0 Å². The molecular weight excluding hydrogens is 456 g/mol. The Labute approximate surface area is 204 Å². The predicted octanol–water partition coefficient (Wildman–Crippen LogP) is 4.86. The van der Waals surface area contributed by atoms with Crippen molar-refractivity contribution < 1.29 is 28.6 Å². The molecule has 0 aliphatic heterocycles. The van der Waals surface area contributed by atoms with Gasteiger partial charge in [-0.2, -0.15) is 0 Å². The van der Waals surface area contributed by atoms with Gasteiger partial charge in [0, 0.05) is 22.7 Å². The van der Waals surface area contributed by atoms with E-state index >= 15 is 0 Å². The van der Waals surface area contributed by atoms with Crippen molar-refractivity contribution in [2.24, 2.45) is 34.5 Å². The Hall–Kier alpha value is -2.18. The van der Waals surface area contributed by atoms with Gasteiger partial charge in [-0.05, 0) is 62.7 Å². The smallest absolute Gasteiger partial charge is 0.375 e. The number of hydrogen-bond acceptors (Lipinski definition) is 6. The molecule has 0 bridgehead atoms. The Balaban J connectivity index is 1.57. The van der Waals surface area contributed by atoms with E-state index in [2.05, 4.69) is 6.92 Å². The van der Waals surface area contributed by atoms with E-state index in [1.807, 2.05) is 19.9 Å². The molecule has 0 amide bonds. The summed E-state index contributed by atoms with van der Waals surface area (Å²) in [4.78, 5) is 38.6. The lowest BCUT2D eigenvalue weighted by Crippen LogP contribution is -2.63. The van der Waals surface area contributed by atoms with Crippen LogP contribution < -0.4 is 0 Å². The summed E-state index contributed by atoms with van der Waals surface area (Å²) < 4.78 is 11.3. The van der Waals surface area contributed by atoms with Crippen molar-refractivity contribution in [2.45, 2.75) is 65.1 Å². The molecule has 182 valence electrons. The quantitative estimate of drug-likeness (QED) is 0.613. The van der Waals surface area contributed by atoms with Gasteiger partial charge in [-0.1, -0.05) is 44.0 Å². The molecule has 8 atom stereocenters. The maximum absolute atomic E-state index is 13.3. The molecule has 3 saturated carbocycles. The van der Waals surface area contributed by atoms with Gasteiger partial charge < -0.3 is 14.3 Å². The molecule has 5 rings (SSSR count). The van der Waals surface area contributed by atoms with Crippen molar-refractivity contribution >= 4 is 29.1 Å². The van der Waals surface area contributed by atoms with Crippen molar-refractivity contribution in [2.75, 3.05) is 0 Å². The molecule has 1 aromatic heterocycles. The van der Waals surface area contributed by atoms with Gasteiger partial charge in [-0.3, -0.25) is 9.59 Å². The average molecular weight is 487 g/mol. The van der Waals surface area contributed by atoms with Crippen molar-refractivity contribution in [3.63, 3.8) is 0 Å². The highest BCUT2D eigenvalue weighted by molar-refractivity contribution is 6.44. The van der Waals surface area contributed by atoms with Crippen molar-refractivity contribution in [1.82, 2.24) is 0 Å². The maximum atomic E-state index is 13.3. The van der Waals surface area contributed by atoms with Crippen LogP contribution in [-0.2, 0) is 14.3 Å². The van der Waals surface area contributed by atoms with E-state index in [4.69, 9.17) is 20.8 Å². The van der Waals surface area contributed by atoms with Gasteiger partial charge >= 0.3 is 5.97 Å². The van der Waals surface area contributed by atoms with E-state index in [1.165, 1.54) is 19.3 Å². The van der Waals surface area contributed by atoms with Crippen LogP contribution in [0.1, 0.15) is 63.9 Å². The van der Waals surface area contributed by atoms with Crippen LogP contribution in [0.15, 0.2) is 45.6 Å². The van der Waals surface area contributed by atoms with Crippen molar-refractivity contribution in [3.05, 3.63) is 46.9 Å². The van der Waals surface area contributed by atoms with Gasteiger partial charge in [-0.15, -0.1) is 0 Å². The van der Waals surface area contributed by atoms with E-state index in [0.717, 1.165) is 18.4 Å². The standard InChI is InChI=1S/C27H31ClO6/c1-14-10-18-17-8-7-16-11-20(30)19(28)12-25(16,3)23(17)21(31)13-26(18,4)27(14,15(2)29)34-24(32)22-6-5-9-33-22/h5-6,9,11-12,14,17-18,21,23,31H,7-8,10,13H2,1-4H3/t14-,17+,18+,21+,23-,25+,26+,27+/m1/s1. The first-order valence-corrected chi connectivity index (χ1v) is 12.4. The number of rotatable bonds is 3. The summed E-state index contributed by atoms with van der Waals surface area (Å²) in [5.41, 5.74) is -1.61. The fraction of sp³-hybridized carbons (Fsp3) is 0.593. The zero-order chi connectivity index (χ0) is 24.6. The van der Waals surface area contributed by atoms with Crippen LogP contribution in [0, 0.1) is 34.5 Å². The normalized spacial score (nSPS) is 43.2. The number of hydrogen-bond donors (Lipinski definition) is 1. The molecule has 0 spiro atoms. The van der Waals surface area contributed by atoms with Gasteiger partial charge in [-0.25, -0.2) is 4.79 Å². The Morgan fingerprint density at radius 2 is 2.03 bits per heavy atom. The Morgan fingerprint density at radius 1 is 1.29 bits per heavy atom. The summed E-state index contributed by atoms with van der Waals surface area (Å²) in [6.45, 7) is 7.51. The number of ether oxygens (including phenoxy) is 1. The first kappa shape index (κ1) is 23.6. The Morgan fingerprint density at radius 3 is 2.68 bits per heavy atom. The maximum Gasteiger partial charge on any atom is 0.375 e. The third-order valence-electron chi connectivity index (χ3n) is 9.59. The Bertz CT molecular complexity index is 1120. The fourth-order valence-electron chi connectivity index (χ4n) is 8.33. The lowest BCUT2D eigenvalue weighted by molar-refractivity contribution is -0.181. The molecule has 1 heterocycles. The monoisotopic (exact) mass is 486 g/mol. The van der Waals surface area contributed by atoms with E-state index in [-0.39, 0.29) is 46.0 Å². The summed E-state index contributed by atoms with van der Waals surface area (Å²) in [6.07, 6.45) is 6.67. The summed E-state index contributed by atoms with van der Waals surface area (Å²) in [5.74, 6) is -1.19. The van der Waals surface area contributed by atoms with Crippen LogP contribution in [0.5, 0.6) is 0 Å². The highest BCUT2D eigenvalue weighted by atomic mass is 35.5. The second kappa shape index (κ2) is 7.66. The summed E-state index contributed by atoms with van der Waals surface area (Å²) in [6, 6.07) is 3.13. The summed E-state index contributed by atoms with van der Waals surface area (Å²) in [5, 5.41) is 11.8. The fourth-order valence-corrected chi connectivity index (χ4v) is 8.61. The zero-order valence-corrected chi connectivity index (χ0v) is 20.7. The molecule has 1 aromatic rings. The topological polar surface area (TPSA) is 93.8 Å². The predicted molar refractivity (Wildman–Crippen MR) is 125 cm³/mol. The number of aliphatic hydroxyl groups is 1. The highest BCUT2D eigenvalue weighted by Gasteiger charge is 2.72. The molecule has 0 saturated heterocycles. The minimum absolute atomic E-state index is 0.0562. The van der Waals surface area contributed by atoms with E-state index in [9.17, 15) is 19.5 Å². The number of carbonyl (C=O) groups is 3. The third kappa shape index (κ3) is 2.94. The highest BCUT2D eigenvalue weighted by Crippen LogP contribution is 2.69. The SMILES string of the molecule is CC(=O)[C@@]1(OC(=O)c2ccco2)[C@H](C)C[C@H]2[C@@H]3CCC4=CC(=O)C(Cl)=C[C@]4(C)[C@H]3[C@@H](O)C[C@@]21C. The van der Waals surface area contributed by atoms with Crippen LogP contribution in [-0.4, -0.2) is 34.3 Å². The molecule has 0 radical (unpaired) electrons. The molecular formula is C27H31ClO6. The molecule has 7 heteroatoms. The van der Waals surface area contributed by atoms with E-state index in [1.54, 1.807) is 12.1 Å². The summed E-state index contributed by atoms with van der Waals surface area (Å²) in [7, 11) is 0. The molecule has 6 nitrogen and oxygen atoms in total.